The fraction of sp³-hybridized carbons (Fsp3) is 0.238. The van der Waals surface area contributed by atoms with Gasteiger partial charge in [0, 0.05) is 17.8 Å². The molecule has 2 aromatic rings. The molecule has 1 saturated heterocycles. The number of anilines is 1. The molecular formula is C21H23N3O2. The minimum Gasteiger partial charge on any atom is -0.366 e. The summed E-state index contributed by atoms with van der Waals surface area (Å²) in [5.41, 5.74) is 8.32. The number of carbonyl (C=O) groups excluding carboxylic acids is 2. The maximum atomic E-state index is 12.7. The van der Waals surface area contributed by atoms with Gasteiger partial charge in [-0.3, -0.25) is 4.79 Å². The Labute approximate surface area is 153 Å². The number of amides is 3. The predicted octanol–water partition coefficient (Wildman–Crippen LogP) is 3.80. The first-order valence-electron chi connectivity index (χ1n) is 8.76. The topological polar surface area (TPSA) is 75.4 Å². The molecule has 0 bridgehead atoms. The maximum absolute atomic E-state index is 12.7. The molecule has 3 N–H and O–H groups in total. The number of aryl methyl sites for hydroxylation is 1. The second-order valence-electron chi connectivity index (χ2n) is 6.50. The molecule has 1 atom stereocenters. The van der Waals surface area contributed by atoms with Crippen LogP contribution in [0, 0.1) is 6.92 Å². The van der Waals surface area contributed by atoms with Crippen LogP contribution < -0.4 is 11.1 Å². The van der Waals surface area contributed by atoms with E-state index >= 15 is 0 Å². The molecule has 0 radical (unpaired) electrons. The molecule has 0 aliphatic carbocycles. The minimum absolute atomic E-state index is 0.0844. The fourth-order valence-electron chi connectivity index (χ4n) is 3.24. The molecule has 5 nitrogen and oxygen atoms in total. The Balaban J connectivity index is 1.68. The standard InChI is InChI=1S/C21H23N3O2/c1-15-14-17(10-12-19(15)20(22)25)23-21(26)24-13-5-8-18(24)11-9-16-6-3-2-4-7-16/h2-4,6-7,9-12,14,18H,5,8,13H2,1H3,(H2,22,25)(H,23,26). The second-order valence-corrected chi connectivity index (χ2v) is 6.50. The monoisotopic (exact) mass is 349 g/mol. The number of hydrogen-bond donors (Lipinski definition) is 2. The largest absolute Gasteiger partial charge is 0.366 e. The zero-order valence-corrected chi connectivity index (χ0v) is 14.8. The van der Waals surface area contributed by atoms with Gasteiger partial charge in [0.15, 0.2) is 0 Å². The molecule has 3 rings (SSSR count). The molecule has 1 aliphatic heterocycles. The van der Waals surface area contributed by atoms with Crippen molar-refractivity contribution in [2.24, 2.45) is 5.73 Å². The van der Waals surface area contributed by atoms with Crippen LogP contribution in [-0.4, -0.2) is 29.4 Å². The summed E-state index contributed by atoms with van der Waals surface area (Å²) in [7, 11) is 0. The third kappa shape index (κ3) is 4.11. The van der Waals surface area contributed by atoms with Crippen LogP contribution in [0.25, 0.3) is 6.08 Å². The quantitative estimate of drug-likeness (QED) is 0.881. The third-order valence-electron chi connectivity index (χ3n) is 4.61. The number of rotatable bonds is 4. The Kier molecular flexibility index (Phi) is 5.37. The average Bonchev–Trinajstić information content (AvgIpc) is 3.09. The highest BCUT2D eigenvalue weighted by Crippen LogP contribution is 2.22. The number of likely N-dealkylation sites (tertiary alicyclic amines) is 1. The molecule has 0 spiro atoms. The number of urea groups is 1. The van der Waals surface area contributed by atoms with E-state index in [9.17, 15) is 9.59 Å². The van der Waals surface area contributed by atoms with Crippen molar-refractivity contribution < 1.29 is 9.59 Å². The van der Waals surface area contributed by atoms with Gasteiger partial charge in [0.2, 0.25) is 5.91 Å². The average molecular weight is 349 g/mol. The molecule has 1 unspecified atom stereocenters. The Bertz CT molecular complexity index is 830. The smallest absolute Gasteiger partial charge is 0.322 e. The summed E-state index contributed by atoms with van der Waals surface area (Å²) < 4.78 is 0. The van der Waals surface area contributed by atoms with E-state index in [1.165, 1.54) is 0 Å². The molecule has 1 heterocycles. The number of nitrogens with two attached hydrogens (primary N) is 1. The normalized spacial score (nSPS) is 16.8. The first-order valence-corrected chi connectivity index (χ1v) is 8.76. The third-order valence-corrected chi connectivity index (χ3v) is 4.61. The van der Waals surface area contributed by atoms with Crippen LogP contribution in [0.2, 0.25) is 0 Å². The molecular weight excluding hydrogens is 326 g/mol. The summed E-state index contributed by atoms with van der Waals surface area (Å²) >= 11 is 0. The van der Waals surface area contributed by atoms with Crippen LogP contribution in [0.15, 0.2) is 54.6 Å². The van der Waals surface area contributed by atoms with E-state index in [0.29, 0.717) is 11.3 Å². The zero-order valence-electron chi connectivity index (χ0n) is 14.8. The van der Waals surface area contributed by atoms with E-state index in [0.717, 1.165) is 30.5 Å². The molecule has 5 heteroatoms. The van der Waals surface area contributed by atoms with Gasteiger partial charge in [0.25, 0.3) is 0 Å². The van der Waals surface area contributed by atoms with Crippen LogP contribution >= 0.6 is 0 Å². The number of nitrogens with zero attached hydrogens (tertiary/aromatic N) is 1. The van der Waals surface area contributed by atoms with E-state index in [2.05, 4.69) is 17.5 Å². The van der Waals surface area contributed by atoms with E-state index in [1.807, 2.05) is 35.2 Å². The second kappa shape index (κ2) is 7.87. The minimum atomic E-state index is -0.467. The maximum Gasteiger partial charge on any atom is 0.322 e. The Morgan fingerprint density at radius 2 is 1.96 bits per heavy atom. The van der Waals surface area contributed by atoms with Crippen LogP contribution in [0.1, 0.15) is 34.3 Å². The van der Waals surface area contributed by atoms with Crippen LogP contribution in [-0.2, 0) is 0 Å². The molecule has 1 fully saturated rings. The predicted molar refractivity (Wildman–Crippen MR) is 104 cm³/mol. The van der Waals surface area contributed by atoms with Gasteiger partial charge in [0.05, 0.1) is 6.04 Å². The first kappa shape index (κ1) is 17.7. The summed E-state index contributed by atoms with van der Waals surface area (Å²) in [5, 5.41) is 2.92. The van der Waals surface area contributed by atoms with Crippen LogP contribution in [0.5, 0.6) is 0 Å². The lowest BCUT2D eigenvalue weighted by Gasteiger charge is -2.23. The molecule has 0 aromatic heterocycles. The van der Waals surface area contributed by atoms with E-state index < -0.39 is 5.91 Å². The van der Waals surface area contributed by atoms with Gasteiger partial charge in [-0.15, -0.1) is 0 Å². The number of primary amides is 1. The van der Waals surface area contributed by atoms with Crippen molar-refractivity contribution in [2.75, 3.05) is 11.9 Å². The molecule has 2 aromatic carbocycles. The number of benzene rings is 2. The molecule has 134 valence electrons. The molecule has 0 saturated carbocycles. The van der Waals surface area contributed by atoms with Crippen molar-refractivity contribution in [1.82, 2.24) is 4.90 Å². The van der Waals surface area contributed by atoms with Crippen molar-refractivity contribution in [2.45, 2.75) is 25.8 Å². The Morgan fingerprint density at radius 1 is 1.19 bits per heavy atom. The Hall–Kier alpha value is -3.08. The number of carbonyl (C=O) groups is 2. The molecule has 3 amide bonds. The van der Waals surface area contributed by atoms with Gasteiger partial charge in [-0.1, -0.05) is 42.5 Å². The van der Waals surface area contributed by atoms with Gasteiger partial charge in [-0.05, 0) is 49.1 Å². The zero-order chi connectivity index (χ0) is 18.5. The molecule has 26 heavy (non-hydrogen) atoms. The number of nitrogens with one attached hydrogen (secondary N) is 1. The van der Waals surface area contributed by atoms with Crippen molar-refractivity contribution in [3.05, 3.63) is 71.3 Å². The van der Waals surface area contributed by atoms with Crippen molar-refractivity contribution >= 4 is 23.7 Å². The van der Waals surface area contributed by atoms with E-state index in [1.54, 1.807) is 25.1 Å². The highest BCUT2D eigenvalue weighted by molar-refractivity contribution is 5.96. The summed E-state index contributed by atoms with van der Waals surface area (Å²) in [6.07, 6.45) is 6.08. The van der Waals surface area contributed by atoms with Crippen molar-refractivity contribution in [3.63, 3.8) is 0 Å². The lowest BCUT2D eigenvalue weighted by atomic mass is 10.1. The van der Waals surface area contributed by atoms with Gasteiger partial charge in [-0.2, -0.15) is 0 Å². The number of hydrogen-bond acceptors (Lipinski definition) is 2. The van der Waals surface area contributed by atoms with Gasteiger partial charge in [-0.25, -0.2) is 4.79 Å². The fourth-order valence-corrected chi connectivity index (χ4v) is 3.24. The lowest BCUT2D eigenvalue weighted by molar-refractivity contribution is 0.0999. The van der Waals surface area contributed by atoms with Crippen molar-refractivity contribution in [3.8, 4) is 0 Å². The van der Waals surface area contributed by atoms with Gasteiger partial charge in [0.1, 0.15) is 0 Å². The Morgan fingerprint density at radius 3 is 2.65 bits per heavy atom. The lowest BCUT2D eigenvalue weighted by Crippen LogP contribution is -2.37. The summed E-state index contributed by atoms with van der Waals surface area (Å²) in [6.45, 7) is 2.53. The summed E-state index contributed by atoms with van der Waals surface area (Å²) in [6, 6.07) is 15.1. The SMILES string of the molecule is Cc1cc(NC(=O)N2CCCC2C=Cc2ccccc2)ccc1C(N)=O. The van der Waals surface area contributed by atoms with Crippen LogP contribution in [0.3, 0.4) is 0 Å². The summed E-state index contributed by atoms with van der Waals surface area (Å²) in [4.78, 5) is 25.8. The first-order chi connectivity index (χ1) is 12.5. The van der Waals surface area contributed by atoms with Gasteiger partial charge >= 0.3 is 6.03 Å². The molecule has 1 aliphatic rings. The van der Waals surface area contributed by atoms with E-state index in [4.69, 9.17) is 5.73 Å². The van der Waals surface area contributed by atoms with Gasteiger partial charge < -0.3 is 16.0 Å². The highest BCUT2D eigenvalue weighted by atomic mass is 16.2. The summed E-state index contributed by atoms with van der Waals surface area (Å²) in [5.74, 6) is -0.467. The van der Waals surface area contributed by atoms with E-state index in [-0.39, 0.29) is 12.1 Å². The van der Waals surface area contributed by atoms with Crippen LogP contribution in [0.4, 0.5) is 10.5 Å². The van der Waals surface area contributed by atoms with Crippen molar-refractivity contribution in [1.29, 1.82) is 0 Å². The highest BCUT2D eigenvalue weighted by Gasteiger charge is 2.26.